The van der Waals surface area contributed by atoms with Crippen molar-refractivity contribution >= 4 is 29.9 Å². The highest BCUT2D eigenvalue weighted by Gasteiger charge is 2.15. The van der Waals surface area contributed by atoms with Gasteiger partial charge >= 0.3 is 0 Å². The van der Waals surface area contributed by atoms with Crippen LogP contribution >= 0.6 is 24.0 Å². The van der Waals surface area contributed by atoms with E-state index in [4.69, 9.17) is 15.0 Å². The van der Waals surface area contributed by atoms with Gasteiger partial charge in [0.2, 0.25) is 11.7 Å². The zero-order valence-corrected chi connectivity index (χ0v) is 16.4. The summed E-state index contributed by atoms with van der Waals surface area (Å²) in [6.07, 6.45) is 0. The maximum absolute atomic E-state index is 5.84. The van der Waals surface area contributed by atoms with Crippen LogP contribution < -0.4 is 11.1 Å². The minimum Gasteiger partial charge on any atom is -0.383 e. The number of nitrogens with zero attached hydrogens (tertiary/aromatic N) is 3. The standard InChI is InChI=1S/C16H23N5O2.HI/c1-11(9-18-16(17)19-12(2)10-22-3)15-20-14(21-23-15)13-7-5-4-6-8-13;/h4-8,11-12H,9-10H2,1-3H3,(H3,17,18,19);1H. The van der Waals surface area contributed by atoms with Crippen molar-refractivity contribution in [3.8, 4) is 11.4 Å². The molecular weight excluding hydrogens is 421 g/mol. The van der Waals surface area contributed by atoms with E-state index in [1.54, 1.807) is 7.11 Å². The van der Waals surface area contributed by atoms with Crippen LogP contribution in [0.5, 0.6) is 0 Å². The van der Waals surface area contributed by atoms with Gasteiger partial charge in [-0.05, 0) is 6.92 Å². The molecule has 0 aliphatic heterocycles. The van der Waals surface area contributed by atoms with Gasteiger partial charge in [0.25, 0.3) is 0 Å². The summed E-state index contributed by atoms with van der Waals surface area (Å²) in [5.41, 5.74) is 6.77. The fourth-order valence-electron chi connectivity index (χ4n) is 2.04. The molecule has 0 saturated carbocycles. The summed E-state index contributed by atoms with van der Waals surface area (Å²) in [5.74, 6) is 1.49. The molecule has 0 saturated heterocycles. The van der Waals surface area contributed by atoms with E-state index in [1.807, 2.05) is 44.2 Å². The lowest BCUT2D eigenvalue weighted by molar-refractivity contribution is 0.179. The molecule has 0 amide bonds. The summed E-state index contributed by atoms with van der Waals surface area (Å²) in [7, 11) is 1.65. The first kappa shape index (κ1) is 20.4. The number of hydrogen-bond acceptors (Lipinski definition) is 5. The SMILES string of the molecule is COCC(C)NC(N)=NCC(C)c1nc(-c2ccccc2)no1.I. The average molecular weight is 445 g/mol. The summed E-state index contributed by atoms with van der Waals surface area (Å²) in [4.78, 5) is 8.73. The fraction of sp³-hybridized carbons (Fsp3) is 0.438. The first-order valence-electron chi connectivity index (χ1n) is 7.54. The Kier molecular flexibility index (Phi) is 8.69. The Labute approximate surface area is 159 Å². The molecule has 0 spiro atoms. The summed E-state index contributed by atoms with van der Waals surface area (Å²) in [6, 6.07) is 9.81. The van der Waals surface area contributed by atoms with E-state index in [-0.39, 0.29) is 35.9 Å². The Morgan fingerprint density at radius 3 is 2.71 bits per heavy atom. The topological polar surface area (TPSA) is 98.6 Å². The number of rotatable bonds is 7. The molecule has 2 rings (SSSR count). The molecule has 1 heterocycles. The van der Waals surface area contributed by atoms with Crippen molar-refractivity contribution in [3.05, 3.63) is 36.2 Å². The first-order valence-corrected chi connectivity index (χ1v) is 7.54. The third kappa shape index (κ3) is 6.08. The molecule has 2 unspecified atom stereocenters. The van der Waals surface area contributed by atoms with Crippen LogP contribution in [0.4, 0.5) is 0 Å². The van der Waals surface area contributed by atoms with E-state index in [0.717, 1.165) is 5.56 Å². The van der Waals surface area contributed by atoms with E-state index < -0.39 is 0 Å². The number of hydrogen-bond donors (Lipinski definition) is 2. The third-order valence-electron chi connectivity index (χ3n) is 3.24. The van der Waals surface area contributed by atoms with E-state index in [0.29, 0.717) is 30.8 Å². The number of methoxy groups -OCH3 is 1. The van der Waals surface area contributed by atoms with Crippen LogP contribution in [0.3, 0.4) is 0 Å². The van der Waals surface area contributed by atoms with E-state index in [1.165, 1.54) is 0 Å². The number of nitrogens with two attached hydrogens (primary N) is 1. The number of guanidine groups is 1. The average Bonchev–Trinajstić information content (AvgIpc) is 3.03. The van der Waals surface area contributed by atoms with Crippen molar-refractivity contribution < 1.29 is 9.26 Å². The Balaban J connectivity index is 0.00000288. The Hall–Kier alpha value is -1.68. The second kappa shape index (κ2) is 10.2. The van der Waals surface area contributed by atoms with Crippen LogP contribution in [0.25, 0.3) is 11.4 Å². The van der Waals surface area contributed by atoms with Gasteiger partial charge in [0, 0.05) is 18.7 Å². The van der Waals surface area contributed by atoms with Crippen LogP contribution in [0, 0.1) is 0 Å². The molecule has 0 aliphatic rings. The second-order valence-corrected chi connectivity index (χ2v) is 5.45. The van der Waals surface area contributed by atoms with Crippen molar-refractivity contribution in [1.82, 2.24) is 15.5 Å². The van der Waals surface area contributed by atoms with Crippen molar-refractivity contribution in [1.29, 1.82) is 0 Å². The van der Waals surface area contributed by atoms with Crippen LogP contribution in [-0.2, 0) is 4.74 Å². The summed E-state index contributed by atoms with van der Waals surface area (Å²) >= 11 is 0. The Bertz CT molecular complexity index is 632. The maximum Gasteiger partial charge on any atom is 0.231 e. The monoisotopic (exact) mass is 445 g/mol. The van der Waals surface area contributed by atoms with Gasteiger partial charge in [-0.25, -0.2) is 0 Å². The number of nitrogens with one attached hydrogen (secondary N) is 1. The zero-order chi connectivity index (χ0) is 16.7. The molecule has 2 aromatic rings. The quantitative estimate of drug-likeness (QED) is 0.386. The van der Waals surface area contributed by atoms with E-state index in [9.17, 15) is 0 Å². The lowest BCUT2D eigenvalue weighted by Crippen LogP contribution is -2.40. The van der Waals surface area contributed by atoms with Crippen LogP contribution in [-0.4, -0.2) is 42.4 Å². The molecule has 0 aliphatic carbocycles. The zero-order valence-electron chi connectivity index (χ0n) is 14.1. The van der Waals surface area contributed by atoms with Gasteiger partial charge in [-0.1, -0.05) is 42.4 Å². The van der Waals surface area contributed by atoms with Gasteiger partial charge in [0.05, 0.1) is 19.1 Å². The summed E-state index contributed by atoms with van der Waals surface area (Å²) in [5, 5.41) is 7.06. The largest absolute Gasteiger partial charge is 0.383 e. The van der Waals surface area contributed by atoms with Gasteiger partial charge in [-0.3, -0.25) is 4.99 Å². The Morgan fingerprint density at radius 1 is 1.33 bits per heavy atom. The van der Waals surface area contributed by atoms with Crippen molar-refractivity contribution in [2.45, 2.75) is 25.8 Å². The number of aromatic nitrogens is 2. The van der Waals surface area contributed by atoms with Crippen molar-refractivity contribution in [2.75, 3.05) is 20.3 Å². The molecule has 0 bridgehead atoms. The third-order valence-corrected chi connectivity index (χ3v) is 3.24. The van der Waals surface area contributed by atoms with Crippen LogP contribution in [0.1, 0.15) is 25.7 Å². The van der Waals surface area contributed by atoms with Crippen molar-refractivity contribution in [3.63, 3.8) is 0 Å². The second-order valence-electron chi connectivity index (χ2n) is 5.45. The molecule has 8 heteroatoms. The van der Waals surface area contributed by atoms with Gasteiger partial charge in [0.15, 0.2) is 5.96 Å². The van der Waals surface area contributed by atoms with Crippen LogP contribution in [0.15, 0.2) is 39.8 Å². The molecule has 0 fully saturated rings. The number of aliphatic imine (C=N–C) groups is 1. The number of ether oxygens (including phenoxy) is 1. The van der Waals surface area contributed by atoms with Gasteiger partial charge < -0.3 is 20.3 Å². The molecule has 3 N–H and O–H groups in total. The van der Waals surface area contributed by atoms with E-state index in [2.05, 4.69) is 20.4 Å². The number of halogens is 1. The molecule has 24 heavy (non-hydrogen) atoms. The molecule has 1 aromatic carbocycles. The lowest BCUT2D eigenvalue weighted by Gasteiger charge is -2.13. The van der Waals surface area contributed by atoms with Gasteiger partial charge in [-0.15, -0.1) is 24.0 Å². The minimum atomic E-state index is -0.0157. The molecular formula is C16H24IN5O2. The molecule has 132 valence electrons. The fourth-order valence-corrected chi connectivity index (χ4v) is 2.04. The molecule has 2 atom stereocenters. The Morgan fingerprint density at radius 2 is 2.04 bits per heavy atom. The summed E-state index contributed by atoms with van der Waals surface area (Å²) in [6.45, 7) is 4.97. The smallest absolute Gasteiger partial charge is 0.231 e. The molecule has 0 radical (unpaired) electrons. The highest BCUT2D eigenvalue weighted by molar-refractivity contribution is 14.0. The first-order chi connectivity index (χ1) is 11.1. The molecule has 1 aromatic heterocycles. The highest BCUT2D eigenvalue weighted by atomic mass is 127. The highest BCUT2D eigenvalue weighted by Crippen LogP contribution is 2.19. The van der Waals surface area contributed by atoms with Gasteiger partial charge in [0.1, 0.15) is 0 Å². The van der Waals surface area contributed by atoms with E-state index >= 15 is 0 Å². The number of benzene rings is 1. The minimum absolute atomic E-state index is 0. The normalized spacial score (nSPS) is 13.9. The van der Waals surface area contributed by atoms with Gasteiger partial charge in [-0.2, -0.15) is 4.98 Å². The maximum atomic E-state index is 5.84. The summed E-state index contributed by atoms with van der Waals surface area (Å²) < 4.78 is 10.4. The van der Waals surface area contributed by atoms with Crippen molar-refractivity contribution in [2.24, 2.45) is 10.7 Å². The molecule has 7 nitrogen and oxygen atoms in total. The lowest BCUT2D eigenvalue weighted by atomic mass is 10.2. The predicted octanol–water partition coefficient (Wildman–Crippen LogP) is 2.40. The predicted molar refractivity (Wildman–Crippen MR) is 105 cm³/mol. The van der Waals surface area contributed by atoms with Crippen LogP contribution in [0.2, 0.25) is 0 Å².